The van der Waals surface area contributed by atoms with Gasteiger partial charge in [-0.05, 0) is 33.1 Å². The van der Waals surface area contributed by atoms with Crippen LogP contribution >= 0.6 is 0 Å². The van der Waals surface area contributed by atoms with E-state index in [1.165, 1.54) is 12.8 Å². The summed E-state index contributed by atoms with van der Waals surface area (Å²) >= 11 is 0. The van der Waals surface area contributed by atoms with Gasteiger partial charge in [-0.2, -0.15) is 0 Å². The van der Waals surface area contributed by atoms with Crippen molar-refractivity contribution < 1.29 is 4.74 Å². The van der Waals surface area contributed by atoms with Crippen molar-refractivity contribution in [2.75, 3.05) is 7.11 Å². The molecular weight excluding hydrogens is 126 g/mol. The Bertz CT molecular complexity index is 127. The second-order valence-electron chi connectivity index (χ2n) is 4.00. The number of hydrogen-bond donors (Lipinski definition) is 1. The number of methoxy groups -OCH3 is 1. The number of rotatable bonds is 3. The maximum absolute atomic E-state index is 5.93. The van der Waals surface area contributed by atoms with E-state index in [0.29, 0.717) is 0 Å². The highest BCUT2D eigenvalue weighted by atomic mass is 16.5. The molecule has 10 heavy (non-hydrogen) atoms. The highest BCUT2D eigenvalue weighted by Crippen LogP contribution is 2.40. The first-order valence-electron chi connectivity index (χ1n) is 3.82. The smallest absolute Gasteiger partial charge is 0.0640 e. The minimum Gasteiger partial charge on any atom is -0.379 e. The molecule has 1 aliphatic rings. The Morgan fingerprint density at radius 2 is 2.00 bits per heavy atom. The van der Waals surface area contributed by atoms with Crippen LogP contribution in [-0.4, -0.2) is 18.2 Å². The van der Waals surface area contributed by atoms with Crippen molar-refractivity contribution >= 4 is 0 Å². The van der Waals surface area contributed by atoms with Gasteiger partial charge in [-0.1, -0.05) is 0 Å². The SMILES string of the molecule is COC(C)(C)CC1(N)CC1. The Kier molecular flexibility index (Phi) is 1.77. The molecule has 0 aliphatic heterocycles. The second kappa shape index (κ2) is 2.21. The molecular formula is C8H17NO. The van der Waals surface area contributed by atoms with Crippen LogP contribution in [0.25, 0.3) is 0 Å². The van der Waals surface area contributed by atoms with Crippen molar-refractivity contribution in [1.82, 2.24) is 0 Å². The Labute approximate surface area is 62.7 Å². The first kappa shape index (κ1) is 8.02. The molecule has 1 aliphatic carbocycles. The third-order valence-corrected chi connectivity index (χ3v) is 2.22. The van der Waals surface area contributed by atoms with Crippen LogP contribution in [0.5, 0.6) is 0 Å². The summed E-state index contributed by atoms with van der Waals surface area (Å²) in [5.41, 5.74) is 6.00. The fourth-order valence-electron chi connectivity index (χ4n) is 1.26. The molecule has 0 aromatic carbocycles. The molecule has 0 saturated heterocycles. The molecule has 0 radical (unpaired) electrons. The van der Waals surface area contributed by atoms with Crippen molar-refractivity contribution in [1.29, 1.82) is 0 Å². The topological polar surface area (TPSA) is 35.2 Å². The Morgan fingerprint density at radius 1 is 1.50 bits per heavy atom. The van der Waals surface area contributed by atoms with Gasteiger partial charge in [-0.25, -0.2) is 0 Å². The van der Waals surface area contributed by atoms with Gasteiger partial charge >= 0.3 is 0 Å². The molecule has 2 heteroatoms. The fraction of sp³-hybridized carbons (Fsp3) is 1.00. The van der Waals surface area contributed by atoms with Crippen molar-refractivity contribution in [2.45, 2.75) is 44.2 Å². The Morgan fingerprint density at radius 3 is 2.30 bits per heavy atom. The minimum absolute atomic E-state index is 0.0365. The first-order chi connectivity index (χ1) is 4.47. The molecule has 0 aromatic rings. The van der Waals surface area contributed by atoms with Gasteiger partial charge < -0.3 is 10.5 Å². The average molecular weight is 143 g/mol. The van der Waals surface area contributed by atoms with Crippen LogP contribution in [0.15, 0.2) is 0 Å². The number of ether oxygens (including phenoxy) is 1. The molecule has 0 spiro atoms. The third kappa shape index (κ3) is 1.96. The van der Waals surface area contributed by atoms with Crippen molar-refractivity contribution in [2.24, 2.45) is 5.73 Å². The summed E-state index contributed by atoms with van der Waals surface area (Å²) in [5.74, 6) is 0. The highest BCUT2D eigenvalue weighted by molar-refractivity contribution is 5.02. The molecule has 0 bridgehead atoms. The molecule has 1 saturated carbocycles. The lowest BCUT2D eigenvalue weighted by Gasteiger charge is -2.26. The van der Waals surface area contributed by atoms with E-state index < -0.39 is 0 Å². The van der Waals surface area contributed by atoms with E-state index in [4.69, 9.17) is 10.5 Å². The van der Waals surface area contributed by atoms with E-state index in [0.717, 1.165) is 6.42 Å². The number of hydrogen-bond acceptors (Lipinski definition) is 2. The maximum Gasteiger partial charge on any atom is 0.0640 e. The Hall–Kier alpha value is -0.0800. The van der Waals surface area contributed by atoms with Crippen LogP contribution in [0.3, 0.4) is 0 Å². The molecule has 60 valence electrons. The summed E-state index contributed by atoms with van der Waals surface area (Å²) in [6.07, 6.45) is 3.32. The van der Waals surface area contributed by atoms with Gasteiger partial charge in [0.25, 0.3) is 0 Å². The van der Waals surface area contributed by atoms with E-state index >= 15 is 0 Å². The molecule has 1 rings (SSSR count). The van der Waals surface area contributed by atoms with Crippen LogP contribution in [0.4, 0.5) is 0 Å². The van der Waals surface area contributed by atoms with Crippen LogP contribution in [0.1, 0.15) is 33.1 Å². The summed E-state index contributed by atoms with van der Waals surface area (Å²) in [5, 5.41) is 0. The summed E-state index contributed by atoms with van der Waals surface area (Å²) < 4.78 is 5.27. The molecule has 0 atom stereocenters. The van der Waals surface area contributed by atoms with Crippen LogP contribution in [-0.2, 0) is 4.74 Å². The van der Waals surface area contributed by atoms with Gasteiger partial charge in [0.2, 0.25) is 0 Å². The largest absolute Gasteiger partial charge is 0.379 e. The molecule has 0 aromatic heterocycles. The van der Waals surface area contributed by atoms with Crippen LogP contribution in [0.2, 0.25) is 0 Å². The Balaban J connectivity index is 2.36. The zero-order chi connectivity index (χ0) is 7.83. The van der Waals surface area contributed by atoms with Gasteiger partial charge in [0.1, 0.15) is 0 Å². The lowest BCUT2D eigenvalue weighted by molar-refractivity contribution is 0.00785. The van der Waals surface area contributed by atoms with E-state index in [2.05, 4.69) is 13.8 Å². The van der Waals surface area contributed by atoms with Gasteiger partial charge in [0, 0.05) is 12.6 Å². The number of nitrogens with two attached hydrogens (primary N) is 1. The van der Waals surface area contributed by atoms with E-state index in [9.17, 15) is 0 Å². The third-order valence-electron chi connectivity index (χ3n) is 2.22. The molecule has 0 amide bonds. The van der Waals surface area contributed by atoms with Crippen molar-refractivity contribution in [3.8, 4) is 0 Å². The molecule has 0 unspecified atom stereocenters. The van der Waals surface area contributed by atoms with Crippen molar-refractivity contribution in [3.63, 3.8) is 0 Å². The van der Waals surface area contributed by atoms with Crippen molar-refractivity contribution in [3.05, 3.63) is 0 Å². The lowest BCUT2D eigenvalue weighted by atomic mass is 9.98. The van der Waals surface area contributed by atoms with E-state index in [-0.39, 0.29) is 11.1 Å². The highest BCUT2D eigenvalue weighted by Gasteiger charge is 2.42. The first-order valence-corrected chi connectivity index (χ1v) is 3.82. The average Bonchev–Trinajstić information content (AvgIpc) is 2.47. The van der Waals surface area contributed by atoms with Gasteiger partial charge in [0.15, 0.2) is 0 Å². The van der Waals surface area contributed by atoms with E-state index in [1.54, 1.807) is 7.11 Å². The second-order valence-corrected chi connectivity index (χ2v) is 4.00. The normalized spacial score (nSPS) is 22.8. The predicted molar refractivity (Wildman–Crippen MR) is 41.9 cm³/mol. The zero-order valence-electron chi connectivity index (χ0n) is 7.11. The van der Waals surface area contributed by atoms with Gasteiger partial charge in [0.05, 0.1) is 5.60 Å². The monoisotopic (exact) mass is 143 g/mol. The zero-order valence-corrected chi connectivity index (χ0v) is 7.11. The summed E-state index contributed by atoms with van der Waals surface area (Å²) in [6, 6.07) is 0. The standard InChI is InChI=1S/C8H17NO/c1-7(2,10-3)6-8(9)4-5-8/h4-6,9H2,1-3H3. The van der Waals surface area contributed by atoms with E-state index in [1.807, 2.05) is 0 Å². The maximum atomic E-state index is 5.93. The molecule has 2 N–H and O–H groups in total. The predicted octanol–water partition coefficient (Wildman–Crippen LogP) is 1.29. The summed E-state index contributed by atoms with van der Waals surface area (Å²) in [6.45, 7) is 4.17. The van der Waals surface area contributed by atoms with Crippen LogP contribution in [0, 0.1) is 0 Å². The van der Waals surface area contributed by atoms with Gasteiger partial charge in [-0.3, -0.25) is 0 Å². The minimum atomic E-state index is -0.0365. The molecule has 2 nitrogen and oxygen atoms in total. The quantitative estimate of drug-likeness (QED) is 0.646. The molecule has 0 heterocycles. The van der Waals surface area contributed by atoms with Crippen LogP contribution < -0.4 is 5.73 Å². The summed E-state index contributed by atoms with van der Waals surface area (Å²) in [4.78, 5) is 0. The lowest BCUT2D eigenvalue weighted by Crippen LogP contribution is -2.35. The summed E-state index contributed by atoms with van der Waals surface area (Å²) in [7, 11) is 1.74. The molecule has 1 fully saturated rings. The fourth-order valence-corrected chi connectivity index (χ4v) is 1.26. The van der Waals surface area contributed by atoms with Gasteiger partial charge in [-0.15, -0.1) is 0 Å².